The zero-order chi connectivity index (χ0) is 24.2. The van der Waals surface area contributed by atoms with E-state index in [1.54, 1.807) is 12.1 Å². The molecule has 0 aliphatic carbocycles. The molecule has 2 aromatic carbocycles. The van der Waals surface area contributed by atoms with E-state index < -0.39 is 43.1 Å². The second-order valence-corrected chi connectivity index (χ2v) is 9.02. The highest BCUT2D eigenvalue weighted by atomic mass is 35.5. The van der Waals surface area contributed by atoms with Crippen LogP contribution in [0.2, 0.25) is 5.02 Å². The summed E-state index contributed by atoms with van der Waals surface area (Å²) in [7, 11) is 0. The van der Waals surface area contributed by atoms with E-state index in [2.05, 4.69) is 0 Å². The lowest BCUT2D eigenvalue weighted by atomic mass is 9.90. The second-order valence-electron chi connectivity index (χ2n) is 8.61. The summed E-state index contributed by atoms with van der Waals surface area (Å²) in [6.45, 7) is 2.02. The molecule has 0 radical (unpaired) electrons. The molecule has 2 aliphatic heterocycles. The summed E-state index contributed by atoms with van der Waals surface area (Å²) >= 11 is 6.45. The number of aliphatic hydroxyl groups is 3. The molecule has 0 bridgehead atoms. The molecule has 0 unspecified atom stereocenters. The number of esters is 1. The van der Waals surface area contributed by atoms with Gasteiger partial charge in [-0.3, -0.25) is 4.79 Å². The van der Waals surface area contributed by atoms with Gasteiger partial charge in [-0.05, 0) is 41.3 Å². The predicted octanol–water partition coefficient (Wildman–Crippen LogP) is 2.18. The standard InChI is InChI=1S/C25H29ClO8/c1-14(28)32-25-22(29)21(12-27)34-24(23(25)30)16-4-7-20(26)17(11-16)10-15-2-5-18(6-3-15)33-19-8-9-31-13-19/h2-7,11,19,21-25,27,29-30H,8-10,12-13H2,1H3/t19-,21-,22-,23+,24+,25+/m1/s1. The van der Waals surface area contributed by atoms with Gasteiger partial charge in [0.2, 0.25) is 0 Å². The normalized spacial score (nSPS) is 29.1. The topological polar surface area (TPSA) is 115 Å². The minimum Gasteiger partial charge on any atom is -0.488 e. The van der Waals surface area contributed by atoms with Gasteiger partial charge in [-0.1, -0.05) is 35.9 Å². The number of carbonyl (C=O) groups is 1. The van der Waals surface area contributed by atoms with Crippen molar-refractivity contribution in [3.05, 3.63) is 64.2 Å². The van der Waals surface area contributed by atoms with Crippen LogP contribution in [0.3, 0.4) is 0 Å². The van der Waals surface area contributed by atoms with Crippen molar-refractivity contribution < 1.29 is 39.1 Å². The summed E-state index contributed by atoms with van der Waals surface area (Å²) in [5.41, 5.74) is 2.42. The summed E-state index contributed by atoms with van der Waals surface area (Å²) in [6.07, 6.45) is -4.37. The van der Waals surface area contributed by atoms with Gasteiger partial charge in [-0.15, -0.1) is 0 Å². The zero-order valence-corrected chi connectivity index (χ0v) is 19.6. The molecule has 0 aromatic heterocycles. The van der Waals surface area contributed by atoms with E-state index in [-0.39, 0.29) is 6.10 Å². The first kappa shape index (κ1) is 24.9. The molecule has 8 nitrogen and oxygen atoms in total. The first-order valence-corrected chi connectivity index (χ1v) is 11.6. The fourth-order valence-electron chi connectivity index (χ4n) is 4.30. The molecule has 0 saturated carbocycles. The highest BCUT2D eigenvalue weighted by Gasteiger charge is 2.46. The van der Waals surface area contributed by atoms with Crippen molar-refractivity contribution in [2.75, 3.05) is 19.8 Å². The Hall–Kier alpha value is -2.20. The highest BCUT2D eigenvalue weighted by molar-refractivity contribution is 6.31. The van der Waals surface area contributed by atoms with E-state index in [1.807, 2.05) is 30.3 Å². The molecule has 2 aromatic rings. The van der Waals surface area contributed by atoms with Crippen molar-refractivity contribution in [3.8, 4) is 5.75 Å². The first-order valence-electron chi connectivity index (χ1n) is 11.3. The minimum absolute atomic E-state index is 0.0796. The van der Waals surface area contributed by atoms with Crippen molar-refractivity contribution in [2.24, 2.45) is 0 Å². The maximum absolute atomic E-state index is 11.5. The fraction of sp³-hybridized carbons (Fsp3) is 0.480. The molecule has 184 valence electrons. The maximum atomic E-state index is 11.5. The Balaban J connectivity index is 1.51. The number of rotatable bonds is 7. The average Bonchev–Trinajstić information content (AvgIpc) is 3.33. The molecule has 2 fully saturated rings. The molecule has 0 spiro atoms. The van der Waals surface area contributed by atoms with Crippen LogP contribution in [0, 0.1) is 0 Å². The van der Waals surface area contributed by atoms with Gasteiger partial charge in [-0.25, -0.2) is 0 Å². The summed E-state index contributed by atoms with van der Waals surface area (Å²) in [5, 5.41) is 31.3. The lowest BCUT2D eigenvalue weighted by Gasteiger charge is -2.41. The summed E-state index contributed by atoms with van der Waals surface area (Å²) in [5.74, 6) is 0.132. The average molecular weight is 493 g/mol. The smallest absolute Gasteiger partial charge is 0.303 e. The molecule has 2 saturated heterocycles. The molecule has 3 N–H and O–H groups in total. The van der Waals surface area contributed by atoms with E-state index in [4.69, 9.17) is 30.5 Å². The van der Waals surface area contributed by atoms with Crippen LogP contribution >= 0.6 is 11.6 Å². The number of hydrogen-bond donors (Lipinski definition) is 3. The predicted molar refractivity (Wildman–Crippen MR) is 123 cm³/mol. The van der Waals surface area contributed by atoms with E-state index in [0.29, 0.717) is 23.6 Å². The molecule has 2 heterocycles. The number of aliphatic hydroxyl groups excluding tert-OH is 3. The Morgan fingerprint density at radius 1 is 1.15 bits per heavy atom. The monoisotopic (exact) mass is 492 g/mol. The SMILES string of the molecule is CC(=O)O[C@@H]1[C@@H](O)[C@H](c2ccc(Cl)c(Cc3ccc(O[C@@H]4CCOC4)cc3)c2)O[C@H](CO)[C@H]1O. The van der Waals surface area contributed by atoms with E-state index >= 15 is 0 Å². The van der Waals surface area contributed by atoms with Crippen molar-refractivity contribution in [1.82, 2.24) is 0 Å². The van der Waals surface area contributed by atoms with Gasteiger partial charge in [0.1, 0.15) is 36.3 Å². The van der Waals surface area contributed by atoms with Gasteiger partial charge in [-0.2, -0.15) is 0 Å². The van der Waals surface area contributed by atoms with Crippen molar-refractivity contribution >= 4 is 17.6 Å². The maximum Gasteiger partial charge on any atom is 0.303 e. The molecule has 34 heavy (non-hydrogen) atoms. The van der Waals surface area contributed by atoms with Crippen molar-refractivity contribution in [3.63, 3.8) is 0 Å². The van der Waals surface area contributed by atoms with Gasteiger partial charge in [0, 0.05) is 18.4 Å². The quantitative estimate of drug-likeness (QED) is 0.504. The van der Waals surface area contributed by atoms with Crippen LogP contribution in [0.4, 0.5) is 0 Å². The van der Waals surface area contributed by atoms with Crippen LogP contribution in [0.5, 0.6) is 5.75 Å². The number of ether oxygens (including phenoxy) is 4. The Morgan fingerprint density at radius 2 is 1.91 bits per heavy atom. The van der Waals surface area contributed by atoms with Crippen molar-refractivity contribution in [2.45, 2.75) is 56.4 Å². The number of carbonyl (C=O) groups excluding carboxylic acids is 1. The fourth-order valence-corrected chi connectivity index (χ4v) is 4.49. The molecule has 4 rings (SSSR count). The van der Waals surface area contributed by atoms with Gasteiger partial charge >= 0.3 is 5.97 Å². The summed E-state index contributed by atoms with van der Waals surface area (Å²) in [6, 6.07) is 13.0. The summed E-state index contributed by atoms with van der Waals surface area (Å²) in [4.78, 5) is 11.5. The first-order chi connectivity index (χ1) is 16.4. The van der Waals surface area contributed by atoms with Gasteiger partial charge < -0.3 is 34.3 Å². The zero-order valence-electron chi connectivity index (χ0n) is 18.8. The van der Waals surface area contributed by atoms with Crippen LogP contribution in [0.1, 0.15) is 36.1 Å². The third-order valence-electron chi connectivity index (χ3n) is 6.07. The highest BCUT2D eigenvalue weighted by Crippen LogP contribution is 2.35. The molecule has 0 amide bonds. The Morgan fingerprint density at radius 3 is 2.56 bits per heavy atom. The van der Waals surface area contributed by atoms with Gasteiger partial charge in [0.05, 0.1) is 19.8 Å². The van der Waals surface area contributed by atoms with E-state index in [0.717, 1.165) is 29.9 Å². The third kappa shape index (κ3) is 5.71. The van der Waals surface area contributed by atoms with Gasteiger partial charge in [0.15, 0.2) is 6.10 Å². The number of hydrogen-bond acceptors (Lipinski definition) is 8. The molecule has 2 aliphatic rings. The lowest BCUT2D eigenvalue weighted by molar-refractivity contribution is -0.240. The third-order valence-corrected chi connectivity index (χ3v) is 6.44. The Bertz CT molecular complexity index is 975. The van der Waals surface area contributed by atoms with E-state index in [9.17, 15) is 20.1 Å². The second kappa shape index (κ2) is 11.0. The van der Waals surface area contributed by atoms with Crippen LogP contribution in [0.25, 0.3) is 0 Å². The Labute approximate surface area is 203 Å². The summed E-state index contributed by atoms with van der Waals surface area (Å²) < 4.78 is 22.2. The van der Waals surface area contributed by atoms with Crippen molar-refractivity contribution in [1.29, 1.82) is 0 Å². The lowest BCUT2D eigenvalue weighted by Crippen LogP contribution is -2.56. The van der Waals surface area contributed by atoms with Crippen LogP contribution < -0.4 is 4.74 Å². The van der Waals surface area contributed by atoms with Crippen LogP contribution in [-0.4, -0.2) is 71.6 Å². The Kier molecular flexibility index (Phi) is 8.08. The van der Waals surface area contributed by atoms with Gasteiger partial charge in [0.25, 0.3) is 0 Å². The molecule has 6 atom stereocenters. The van der Waals surface area contributed by atoms with Crippen LogP contribution in [-0.2, 0) is 25.4 Å². The van der Waals surface area contributed by atoms with E-state index in [1.165, 1.54) is 6.92 Å². The minimum atomic E-state index is -1.36. The molecular formula is C25H29ClO8. The largest absolute Gasteiger partial charge is 0.488 e. The number of benzene rings is 2. The molecule has 9 heteroatoms. The van der Waals surface area contributed by atoms with Crippen LogP contribution in [0.15, 0.2) is 42.5 Å². The number of halogens is 1. The molecular weight excluding hydrogens is 464 g/mol.